The summed E-state index contributed by atoms with van der Waals surface area (Å²) < 4.78 is 5.53. The number of rotatable bonds is 4. The van der Waals surface area contributed by atoms with Gasteiger partial charge in [-0.2, -0.15) is 5.10 Å². The Balaban J connectivity index is 2.06. The Bertz CT molecular complexity index is 475. The van der Waals surface area contributed by atoms with Crippen molar-refractivity contribution in [2.45, 2.75) is 39.8 Å². The highest BCUT2D eigenvalue weighted by molar-refractivity contribution is 5.23. The zero-order valence-electron chi connectivity index (χ0n) is 10.6. The van der Waals surface area contributed by atoms with Crippen LogP contribution < -0.4 is 5.32 Å². The normalized spacial score (nSPS) is 14.8. The summed E-state index contributed by atoms with van der Waals surface area (Å²) in [6.07, 6.45) is 1.52. The molecule has 0 amide bonds. The number of aromatic amines is 1. The first-order valence-corrected chi connectivity index (χ1v) is 5.76. The van der Waals surface area contributed by atoms with Gasteiger partial charge in [0.2, 0.25) is 0 Å². The molecule has 2 atom stereocenters. The van der Waals surface area contributed by atoms with Crippen molar-refractivity contribution >= 4 is 0 Å². The first-order valence-electron chi connectivity index (χ1n) is 5.76. The van der Waals surface area contributed by atoms with Crippen molar-refractivity contribution in [3.8, 4) is 0 Å². The molecule has 5 nitrogen and oxygen atoms in total. The van der Waals surface area contributed by atoms with E-state index < -0.39 is 0 Å². The van der Waals surface area contributed by atoms with Crippen LogP contribution in [0.2, 0.25) is 0 Å². The van der Waals surface area contributed by atoms with Gasteiger partial charge in [0.15, 0.2) is 0 Å². The maximum Gasteiger partial charge on any atom is 0.141 e. The Labute approximate surface area is 101 Å². The van der Waals surface area contributed by atoms with Crippen molar-refractivity contribution in [2.75, 3.05) is 0 Å². The molecule has 0 saturated carbocycles. The highest BCUT2D eigenvalue weighted by Crippen LogP contribution is 2.23. The molecule has 2 rings (SSSR count). The minimum atomic E-state index is 0.127. The van der Waals surface area contributed by atoms with E-state index in [0.717, 1.165) is 17.3 Å². The minimum absolute atomic E-state index is 0.127. The van der Waals surface area contributed by atoms with Crippen LogP contribution >= 0.6 is 0 Å². The molecule has 0 aliphatic heterocycles. The molecule has 5 heteroatoms. The molecule has 0 saturated heterocycles. The zero-order valence-corrected chi connectivity index (χ0v) is 10.6. The fraction of sp³-hybridized carbons (Fsp3) is 0.500. The summed E-state index contributed by atoms with van der Waals surface area (Å²) in [6.45, 7) is 8.12. The zero-order chi connectivity index (χ0) is 12.4. The van der Waals surface area contributed by atoms with E-state index in [9.17, 15) is 0 Å². The second-order valence-corrected chi connectivity index (χ2v) is 4.35. The lowest BCUT2D eigenvalue weighted by Gasteiger charge is -2.17. The number of furan rings is 1. The molecule has 92 valence electrons. The predicted octanol–water partition coefficient (Wildman–Crippen LogP) is 2.43. The van der Waals surface area contributed by atoms with E-state index in [4.69, 9.17) is 4.42 Å². The van der Waals surface area contributed by atoms with Gasteiger partial charge in [-0.3, -0.25) is 5.10 Å². The first kappa shape index (κ1) is 11.9. The number of H-pyrrole nitrogens is 1. The van der Waals surface area contributed by atoms with Crippen molar-refractivity contribution in [3.05, 3.63) is 35.3 Å². The van der Waals surface area contributed by atoms with Crippen molar-refractivity contribution in [3.63, 3.8) is 0 Å². The lowest BCUT2D eigenvalue weighted by molar-refractivity contribution is 0.459. The Morgan fingerprint density at radius 1 is 1.29 bits per heavy atom. The first-order chi connectivity index (χ1) is 8.08. The molecule has 0 fully saturated rings. The van der Waals surface area contributed by atoms with Crippen LogP contribution in [0.25, 0.3) is 0 Å². The predicted molar refractivity (Wildman–Crippen MR) is 64.5 cm³/mol. The van der Waals surface area contributed by atoms with Crippen LogP contribution in [0, 0.1) is 13.8 Å². The van der Waals surface area contributed by atoms with Crippen molar-refractivity contribution in [2.24, 2.45) is 0 Å². The van der Waals surface area contributed by atoms with E-state index >= 15 is 0 Å². The van der Waals surface area contributed by atoms with Gasteiger partial charge in [-0.1, -0.05) is 0 Å². The van der Waals surface area contributed by atoms with Gasteiger partial charge in [0.05, 0.1) is 6.04 Å². The number of hydrogen-bond acceptors (Lipinski definition) is 4. The topological polar surface area (TPSA) is 66.7 Å². The summed E-state index contributed by atoms with van der Waals surface area (Å²) in [4.78, 5) is 4.14. The molecule has 0 aliphatic rings. The molecule has 17 heavy (non-hydrogen) atoms. The lowest BCUT2D eigenvalue weighted by Crippen LogP contribution is -2.23. The second-order valence-electron chi connectivity index (χ2n) is 4.35. The molecule has 0 bridgehead atoms. The summed E-state index contributed by atoms with van der Waals surface area (Å²) in [5, 5.41) is 10.2. The average Bonchev–Trinajstić information content (AvgIpc) is 2.87. The Kier molecular flexibility index (Phi) is 3.28. The Morgan fingerprint density at radius 3 is 2.59 bits per heavy atom. The van der Waals surface area contributed by atoms with Crippen LogP contribution in [-0.2, 0) is 0 Å². The third-order valence-electron chi connectivity index (χ3n) is 2.89. The number of aryl methyl sites for hydroxylation is 2. The SMILES string of the molecule is Cc1cc(C(C)NC(C)c2ncn[nH]2)c(C)o1. The summed E-state index contributed by atoms with van der Waals surface area (Å²) in [5.41, 5.74) is 1.19. The van der Waals surface area contributed by atoms with Gasteiger partial charge < -0.3 is 9.73 Å². The number of nitrogens with one attached hydrogen (secondary N) is 2. The van der Waals surface area contributed by atoms with E-state index in [1.807, 2.05) is 13.8 Å². The van der Waals surface area contributed by atoms with E-state index in [0.29, 0.717) is 0 Å². The van der Waals surface area contributed by atoms with Gasteiger partial charge in [0.25, 0.3) is 0 Å². The fourth-order valence-corrected chi connectivity index (χ4v) is 2.05. The minimum Gasteiger partial charge on any atom is -0.466 e. The Hall–Kier alpha value is -1.62. The van der Waals surface area contributed by atoms with Gasteiger partial charge in [-0.15, -0.1) is 0 Å². The summed E-state index contributed by atoms with van der Waals surface area (Å²) in [7, 11) is 0. The van der Waals surface area contributed by atoms with Gasteiger partial charge in [0, 0.05) is 11.6 Å². The van der Waals surface area contributed by atoms with Crippen LogP contribution in [0.3, 0.4) is 0 Å². The second kappa shape index (κ2) is 4.71. The molecule has 2 N–H and O–H groups in total. The maximum atomic E-state index is 5.53. The van der Waals surface area contributed by atoms with Crippen LogP contribution in [-0.4, -0.2) is 15.2 Å². The van der Waals surface area contributed by atoms with Crippen molar-refractivity contribution in [1.82, 2.24) is 20.5 Å². The van der Waals surface area contributed by atoms with Gasteiger partial charge in [-0.05, 0) is 33.8 Å². The van der Waals surface area contributed by atoms with E-state index in [2.05, 4.69) is 40.4 Å². The molecular weight excluding hydrogens is 216 g/mol. The quantitative estimate of drug-likeness (QED) is 0.852. The smallest absolute Gasteiger partial charge is 0.141 e. The fourth-order valence-electron chi connectivity index (χ4n) is 2.05. The molecule has 2 heterocycles. The average molecular weight is 234 g/mol. The maximum absolute atomic E-state index is 5.53. The molecule has 2 aromatic rings. The molecule has 2 unspecified atom stereocenters. The lowest BCUT2D eigenvalue weighted by atomic mass is 10.1. The number of aromatic nitrogens is 3. The van der Waals surface area contributed by atoms with Crippen LogP contribution in [0.15, 0.2) is 16.8 Å². The molecular formula is C12H18N4O. The highest BCUT2D eigenvalue weighted by Gasteiger charge is 2.16. The van der Waals surface area contributed by atoms with E-state index in [1.165, 1.54) is 11.9 Å². The van der Waals surface area contributed by atoms with Gasteiger partial charge >= 0.3 is 0 Å². The molecule has 0 aliphatic carbocycles. The van der Waals surface area contributed by atoms with Crippen LogP contribution in [0.1, 0.15) is 48.8 Å². The van der Waals surface area contributed by atoms with Crippen LogP contribution in [0.4, 0.5) is 0 Å². The Morgan fingerprint density at radius 2 is 2.06 bits per heavy atom. The van der Waals surface area contributed by atoms with E-state index in [-0.39, 0.29) is 12.1 Å². The van der Waals surface area contributed by atoms with Crippen molar-refractivity contribution in [1.29, 1.82) is 0 Å². The standard InChI is InChI=1S/C12H18N4O/c1-7-5-11(10(4)17-7)8(2)15-9(3)12-13-6-14-16-12/h5-6,8-9,15H,1-4H3,(H,13,14,16). The largest absolute Gasteiger partial charge is 0.466 e. The highest BCUT2D eigenvalue weighted by atomic mass is 16.3. The monoisotopic (exact) mass is 234 g/mol. The summed E-state index contributed by atoms with van der Waals surface area (Å²) in [5.74, 6) is 2.75. The van der Waals surface area contributed by atoms with Gasteiger partial charge in [0.1, 0.15) is 23.7 Å². The molecule has 0 spiro atoms. The number of hydrogen-bond donors (Lipinski definition) is 2. The van der Waals surface area contributed by atoms with Crippen molar-refractivity contribution < 1.29 is 4.42 Å². The van der Waals surface area contributed by atoms with Crippen LogP contribution in [0.5, 0.6) is 0 Å². The number of nitrogens with zero attached hydrogens (tertiary/aromatic N) is 2. The summed E-state index contributed by atoms with van der Waals surface area (Å²) in [6, 6.07) is 2.41. The summed E-state index contributed by atoms with van der Waals surface area (Å²) >= 11 is 0. The van der Waals surface area contributed by atoms with E-state index in [1.54, 1.807) is 0 Å². The molecule has 0 radical (unpaired) electrons. The molecule has 0 aromatic carbocycles. The van der Waals surface area contributed by atoms with Gasteiger partial charge in [-0.25, -0.2) is 4.98 Å². The third kappa shape index (κ3) is 2.55. The third-order valence-corrected chi connectivity index (χ3v) is 2.89. The molecule has 2 aromatic heterocycles.